The predicted molar refractivity (Wildman–Crippen MR) is 111 cm³/mol. The number of nitrogens with one attached hydrogen (secondary N) is 1. The Balaban J connectivity index is 1.82. The summed E-state index contributed by atoms with van der Waals surface area (Å²) in [4.78, 5) is 25.4. The maximum atomic E-state index is 13.9. The summed E-state index contributed by atoms with van der Waals surface area (Å²) in [5, 5.41) is 2.71. The molecule has 0 aliphatic rings. The first-order valence-corrected chi connectivity index (χ1v) is 9.40. The van der Waals surface area contributed by atoms with Gasteiger partial charge in [-0.15, -0.1) is 0 Å². The first kappa shape index (κ1) is 20.4. The summed E-state index contributed by atoms with van der Waals surface area (Å²) in [6.07, 6.45) is -0.493. The van der Waals surface area contributed by atoms with Gasteiger partial charge in [0.25, 0.3) is 0 Å². The van der Waals surface area contributed by atoms with E-state index < -0.39 is 41.1 Å². The van der Waals surface area contributed by atoms with Crippen molar-refractivity contribution in [3.63, 3.8) is 0 Å². The van der Waals surface area contributed by atoms with Crippen LogP contribution < -0.4 is 10.9 Å². The Hall–Kier alpha value is -3.87. The zero-order valence-electron chi connectivity index (χ0n) is 16.3. The van der Waals surface area contributed by atoms with Gasteiger partial charge >= 0.3 is 5.63 Å². The van der Waals surface area contributed by atoms with Gasteiger partial charge in [0.2, 0.25) is 5.91 Å². The van der Waals surface area contributed by atoms with Gasteiger partial charge < -0.3 is 9.73 Å². The third-order valence-corrected chi connectivity index (χ3v) is 4.93. The van der Waals surface area contributed by atoms with Crippen molar-refractivity contribution < 1.29 is 22.4 Å². The topological polar surface area (TPSA) is 59.3 Å². The average molecular weight is 423 g/mol. The zero-order valence-corrected chi connectivity index (χ0v) is 16.3. The number of fused-ring (bicyclic) bond motifs is 1. The molecule has 0 bridgehead atoms. The van der Waals surface area contributed by atoms with Gasteiger partial charge in [0, 0.05) is 23.1 Å². The summed E-state index contributed by atoms with van der Waals surface area (Å²) in [5.74, 6) is -4.46. The lowest BCUT2D eigenvalue weighted by Gasteiger charge is -2.14. The fourth-order valence-corrected chi connectivity index (χ4v) is 3.52. The summed E-state index contributed by atoms with van der Waals surface area (Å²) in [6, 6.07) is 15.2. The minimum Gasteiger partial charge on any atom is -0.422 e. The molecule has 1 amide bonds. The number of halogens is 3. The molecule has 1 heterocycles. The lowest BCUT2D eigenvalue weighted by atomic mass is 9.92. The van der Waals surface area contributed by atoms with Crippen LogP contribution in [0.2, 0.25) is 0 Å². The van der Waals surface area contributed by atoms with Crippen LogP contribution in [0.5, 0.6) is 0 Å². The third-order valence-electron chi connectivity index (χ3n) is 4.93. The van der Waals surface area contributed by atoms with E-state index >= 15 is 0 Å². The van der Waals surface area contributed by atoms with Crippen molar-refractivity contribution in [3.8, 4) is 11.1 Å². The molecule has 0 radical (unpaired) electrons. The van der Waals surface area contributed by atoms with Crippen molar-refractivity contribution in [2.24, 2.45) is 0 Å². The molecule has 4 nitrogen and oxygen atoms in total. The number of hydrogen-bond donors (Lipinski definition) is 1. The van der Waals surface area contributed by atoms with Crippen LogP contribution in [-0.2, 0) is 11.2 Å². The second-order valence-corrected chi connectivity index (χ2v) is 7.02. The highest BCUT2D eigenvalue weighted by Gasteiger charge is 2.21. The number of anilines is 1. The molecule has 0 saturated heterocycles. The molecule has 1 N–H and O–H groups in total. The first-order valence-electron chi connectivity index (χ1n) is 9.40. The Morgan fingerprint density at radius 2 is 1.61 bits per heavy atom. The van der Waals surface area contributed by atoms with E-state index in [-0.39, 0.29) is 5.56 Å². The molecular weight excluding hydrogens is 407 g/mol. The molecule has 7 heteroatoms. The molecule has 3 aromatic carbocycles. The molecule has 1 aromatic heterocycles. The maximum Gasteiger partial charge on any atom is 0.340 e. The molecule has 0 unspecified atom stereocenters. The van der Waals surface area contributed by atoms with E-state index in [9.17, 15) is 22.8 Å². The van der Waals surface area contributed by atoms with E-state index in [0.717, 1.165) is 11.1 Å². The standard InChI is InChI=1S/C24H16F3NO3/c1-13-6-2-3-7-15(13)22-16-8-4-5-9-20(16)31-24(30)17(22)12-21(29)28-23-18(26)10-14(25)11-19(23)27/h2-11H,12H2,1H3,(H,28,29). The Morgan fingerprint density at radius 1 is 0.968 bits per heavy atom. The predicted octanol–water partition coefficient (Wildman–Crippen LogP) is 5.37. The molecule has 31 heavy (non-hydrogen) atoms. The van der Waals surface area contributed by atoms with Crippen LogP contribution >= 0.6 is 0 Å². The van der Waals surface area contributed by atoms with Crippen molar-refractivity contribution in [2.45, 2.75) is 13.3 Å². The minimum atomic E-state index is -1.25. The first-order chi connectivity index (χ1) is 14.8. The van der Waals surface area contributed by atoms with Crippen molar-refractivity contribution in [3.05, 3.63) is 99.7 Å². The Kier molecular flexibility index (Phi) is 5.33. The second kappa shape index (κ2) is 8.10. The number of aryl methyl sites for hydroxylation is 1. The van der Waals surface area contributed by atoms with Crippen molar-refractivity contribution in [1.82, 2.24) is 0 Å². The molecule has 156 valence electrons. The second-order valence-electron chi connectivity index (χ2n) is 7.02. The molecular formula is C24H16F3NO3. The van der Waals surface area contributed by atoms with E-state index in [2.05, 4.69) is 5.32 Å². The number of para-hydroxylation sites is 1. The van der Waals surface area contributed by atoms with Gasteiger partial charge in [-0.2, -0.15) is 0 Å². The Labute approximate surface area is 174 Å². The summed E-state index contributed by atoms with van der Waals surface area (Å²) < 4.78 is 46.3. The Bertz CT molecular complexity index is 1360. The highest BCUT2D eigenvalue weighted by atomic mass is 19.1. The van der Waals surface area contributed by atoms with Gasteiger partial charge in [-0.25, -0.2) is 18.0 Å². The van der Waals surface area contributed by atoms with Crippen LogP contribution in [0.3, 0.4) is 0 Å². The van der Waals surface area contributed by atoms with E-state index in [1.165, 1.54) is 0 Å². The quantitative estimate of drug-likeness (QED) is 0.449. The lowest BCUT2D eigenvalue weighted by Crippen LogP contribution is -2.21. The van der Waals surface area contributed by atoms with Crippen LogP contribution in [0, 0.1) is 24.4 Å². The molecule has 0 aliphatic carbocycles. The third kappa shape index (κ3) is 3.94. The van der Waals surface area contributed by atoms with E-state index in [0.29, 0.717) is 28.7 Å². The number of rotatable bonds is 4. The summed E-state index contributed by atoms with van der Waals surface area (Å²) in [6.45, 7) is 1.87. The van der Waals surface area contributed by atoms with E-state index in [4.69, 9.17) is 4.42 Å². The number of benzene rings is 3. The van der Waals surface area contributed by atoms with Crippen LogP contribution in [0.4, 0.5) is 18.9 Å². The number of carbonyl (C=O) groups is 1. The highest BCUT2D eigenvalue weighted by molar-refractivity contribution is 5.99. The average Bonchev–Trinajstić information content (AvgIpc) is 2.72. The summed E-state index contributed by atoms with van der Waals surface area (Å²) >= 11 is 0. The summed E-state index contributed by atoms with van der Waals surface area (Å²) in [7, 11) is 0. The van der Waals surface area contributed by atoms with Gasteiger partial charge in [0.05, 0.1) is 12.0 Å². The zero-order chi connectivity index (χ0) is 22.1. The Morgan fingerprint density at radius 3 is 2.32 bits per heavy atom. The van der Waals surface area contributed by atoms with Gasteiger partial charge in [-0.1, -0.05) is 42.5 Å². The molecule has 0 aliphatic heterocycles. The van der Waals surface area contributed by atoms with E-state index in [1.54, 1.807) is 30.3 Å². The van der Waals surface area contributed by atoms with Gasteiger partial charge in [-0.3, -0.25) is 4.79 Å². The largest absolute Gasteiger partial charge is 0.422 e. The minimum absolute atomic E-state index is 0.0495. The van der Waals surface area contributed by atoms with Gasteiger partial charge in [0.15, 0.2) is 11.6 Å². The van der Waals surface area contributed by atoms with Crippen molar-refractivity contribution in [1.29, 1.82) is 0 Å². The van der Waals surface area contributed by atoms with E-state index in [1.807, 2.05) is 25.1 Å². The fourth-order valence-electron chi connectivity index (χ4n) is 3.52. The molecule has 4 rings (SSSR count). The number of amides is 1. The fraction of sp³-hybridized carbons (Fsp3) is 0.0833. The molecule has 4 aromatic rings. The maximum absolute atomic E-state index is 13.9. The van der Waals surface area contributed by atoms with Crippen LogP contribution in [0.1, 0.15) is 11.1 Å². The number of hydrogen-bond acceptors (Lipinski definition) is 3. The lowest BCUT2D eigenvalue weighted by molar-refractivity contribution is -0.115. The molecule has 0 spiro atoms. The SMILES string of the molecule is Cc1ccccc1-c1c(CC(=O)Nc2c(F)cc(F)cc2F)c(=O)oc2ccccc12. The monoisotopic (exact) mass is 423 g/mol. The van der Waals surface area contributed by atoms with Crippen LogP contribution in [-0.4, -0.2) is 5.91 Å². The molecule has 0 saturated carbocycles. The van der Waals surface area contributed by atoms with Crippen LogP contribution in [0.25, 0.3) is 22.1 Å². The van der Waals surface area contributed by atoms with Crippen LogP contribution in [0.15, 0.2) is 69.9 Å². The normalized spacial score (nSPS) is 11.0. The highest BCUT2D eigenvalue weighted by Crippen LogP contribution is 2.33. The molecule has 0 fully saturated rings. The van der Waals surface area contributed by atoms with Gasteiger partial charge in [-0.05, 0) is 24.1 Å². The van der Waals surface area contributed by atoms with Crippen molar-refractivity contribution >= 4 is 22.6 Å². The van der Waals surface area contributed by atoms with Gasteiger partial charge in [0.1, 0.15) is 17.1 Å². The molecule has 0 atom stereocenters. The smallest absolute Gasteiger partial charge is 0.340 e. The van der Waals surface area contributed by atoms with Crippen molar-refractivity contribution in [2.75, 3.05) is 5.32 Å². The summed E-state index contributed by atoms with van der Waals surface area (Å²) in [5.41, 5.74) is 1.00. The number of carbonyl (C=O) groups excluding carboxylic acids is 1.